The molecule has 2 heterocycles. The first kappa shape index (κ1) is 18.5. The Hall–Kier alpha value is -2.90. The molecule has 4 aromatic rings. The second kappa shape index (κ2) is 8.41. The van der Waals surface area contributed by atoms with E-state index in [2.05, 4.69) is 21.5 Å². The van der Waals surface area contributed by atoms with Crippen LogP contribution >= 0.6 is 23.1 Å². The first-order chi connectivity index (χ1) is 13.7. The number of thiazole rings is 1. The first-order valence-electron chi connectivity index (χ1n) is 8.74. The molecule has 0 saturated heterocycles. The van der Waals surface area contributed by atoms with Crippen molar-refractivity contribution in [2.45, 2.75) is 5.16 Å². The van der Waals surface area contributed by atoms with Crippen molar-refractivity contribution < 1.29 is 4.79 Å². The van der Waals surface area contributed by atoms with E-state index in [0.717, 1.165) is 27.4 Å². The zero-order chi connectivity index (χ0) is 19.3. The fourth-order valence-electron chi connectivity index (χ4n) is 2.75. The second-order valence-corrected chi connectivity index (χ2v) is 7.82. The summed E-state index contributed by atoms with van der Waals surface area (Å²) in [7, 11) is 0. The molecular formula is C21H18N4OS2. The molecular weight excluding hydrogens is 388 g/mol. The minimum absolute atomic E-state index is 0.0284. The number of aromatic amines is 1. The molecule has 0 bridgehead atoms. The maximum absolute atomic E-state index is 12.9. The highest BCUT2D eigenvalue weighted by Gasteiger charge is 2.19. The topological polar surface area (TPSA) is 61.9 Å². The molecule has 0 saturated carbocycles. The number of thioether (sulfide) groups is 1. The third kappa shape index (κ3) is 4.00. The number of H-pyrrole nitrogens is 1. The van der Waals surface area contributed by atoms with Gasteiger partial charge in [0, 0.05) is 17.5 Å². The van der Waals surface area contributed by atoms with Crippen LogP contribution < -0.4 is 4.90 Å². The fourth-order valence-corrected chi connectivity index (χ4v) is 4.37. The highest BCUT2D eigenvalue weighted by atomic mass is 32.2. The van der Waals surface area contributed by atoms with E-state index in [0.29, 0.717) is 11.7 Å². The lowest BCUT2D eigenvalue weighted by atomic mass is 10.2. The largest absolute Gasteiger partial charge is 0.333 e. The van der Waals surface area contributed by atoms with E-state index in [1.807, 2.05) is 60.0 Å². The quantitative estimate of drug-likeness (QED) is 0.347. The van der Waals surface area contributed by atoms with Crippen molar-refractivity contribution >= 4 is 45.2 Å². The molecule has 2 aromatic carbocycles. The average molecular weight is 407 g/mol. The van der Waals surface area contributed by atoms with Gasteiger partial charge < -0.3 is 4.98 Å². The van der Waals surface area contributed by atoms with Crippen LogP contribution in [0.1, 0.15) is 0 Å². The molecule has 0 aliphatic heterocycles. The Morgan fingerprint density at radius 3 is 2.71 bits per heavy atom. The van der Waals surface area contributed by atoms with Gasteiger partial charge in [-0.1, -0.05) is 60.3 Å². The normalized spacial score (nSPS) is 10.9. The van der Waals surface area contributed by atoms with Gasteiger partial charge in [0.25, 0.3) is 0 Å². The monoisotopic (exact) mass is 406 g/mol. The van der Waals surface area contributed by atoms with Gasteiger partial charge in [0.2, 0.25) is 5.91 Å². The number of aromatic nitrogens is 3. The summed E-state index contributed by atoms with van der Waals surface area (Å²) in [5.41, 5.74) is 3.76. The van der Waals surface area contributed by atoms with Gasteiger partial charge in [0.15, 0.2) is 10.3 Å². The SMILES string of the molecule is C=CCN(C(=O)CSc1nc2ccccc2[nH]1)c1nc(-c2ccccc2)cs1. The summed E-state index contributed by atoms with van der Waals surface area (Å²) in [5.74, 6) is 0.243. The standard InChI is InChI=1S/C21H18N4OS2/c1-2-12-25(21-24-18(13-28-21)15-8-4-3-5-9-15)19(26)14-27-20-22-16-10-6-7-11-17(16)23-20/h2-11,13H,1,12,14H2,(H,22,23). The number of carbonyl (C=O) groups excluding carboxylic acids is 1. The number of nitrogens with zero attached hydrogens (tertiary/aromatic N) is 3. The Kier molecular flexibility index (Phi) is 5.55. The summed E-state index contributed by atoms with van der Waals surface area (Å²) in [4.78, 5) is 26.9. The predicted molar refractivity (Wildman–Crippen MR) is 117 cm³/mol. The average Bonchev–Trinajstić information content (AvgIpc) is 3.38. The molecule has 0 aliphatic carbocycles. The lowest BCUT2D eigenvalue weighted by Gasteiger charge is -2.17. The van der Waals surface area contributed by atoms with E-state index in [1.54, 1.807) is 11.0 Å². The molecule has 1 amide bonds. The van der Waals surface area contributed by atoms with E-state index in [-0.39, 0.29) is 11.7 Å². The van der Waals surface area contributed by atoms with Crippen LogP contribution in [0.3, 0.4) is 0 Å². The van der Waals surface area contributed by atoms with Crippen LogP contribution in [0.5, 0.6) is 0 Å². The zero-order valence-electron chi connectivity index (χ0n) is 15.0. The number of hydrogen-bond donors (Lipinski definition) is 1. The third-order valence-corrected chi connectivity index (χ3v) is 5.83. The highest BCUT2D eigenvalue weighted by Crippen LogP contribution is 2.28. The molecule has 7 heteroatoms. The highest BCUT2D eigenvalue weighted by molar-refractivity contribution is 7.99. The second-order valence-electron chi connectivity index (χ2n) is 6.02. The van der Waals surface area contributed by atoms with E-state index in [4.69, 9.17) is 0 Å². The molecule has 140 valence electrons. The van der Waals surface area contributed by atoms with E-state index < -0.39 is 0 Å². The number of anilines is 1. The Bertz CT molecular complexity index is 1070. The van der Waals surface area contributed by atoms with Gasteiger partial charge in [0.1, 0.15) is 0 Å². The minimum Gasteiger partial charge on any atom is -0.333 e. The number of fused-ring (bicyclic) bond motifs is 1. The number of amides is 1. The Balaban J connectivity index is 1.48. The van der Waals surface area contributed by atoms with Gasteiger partial charge in [-0.15, -0.1) is 17.9 Å². The summed E-state index contributed by atoms with van der Waals surface area (Å²) >= 11 is 2.85. The van der Waals surface area contributed by atoms with Crippen molar-refractivity contribution in [3.05, 3.63) is 72.6 Å². The molecule has 0 spiro atoms. The fraction of sp³-hybridized carbons (Fsp3) is 0.0952. The van der Waals surface area contributed by atoms with Crippen molar-refractivity contribution in [3.63, 3.8) is 0 Å². The van der Waals surface area contributed by atoms with Crippen molar-refractivity contribution in [2.75, 3.05) is 17.2 Å². The Labute approximate surface area is 171 Å². The van der Waals surface area contributed by atoms with Gasteiger partial charge in [-0.25, -0.2) is 9.97 Å². The maximum Gasteiger partial charge on any atom is 0.239 e. The Morgan fingerprint density at radius 1 is 1.14 bits per heavy atom. The number of rotatable bonds is 7. The van der Waals surface area contributed by atoms with Crippen LogP contribution in [0.2, 0.25) is 0 Å². The molecule has 1 N–H and O–H groups in total. The van der Waals surface area contributed by atoms with E-state index in [1.165, 1.54) is 23.1 Å². The first-order valence-corrected chi connectivity index (χ1v) is 10.6. The van der Waals surface area contributed by atoms with Gasteiger partial charge >= 0.3 is 0 Å². The molecule has 0 aliphatic rings. The number of benzene rings is 2. The molecule has 0 atom stereocenters. The molecule has 0 radical (unpaired) electrons. The van der Waals surface area contributed by atoms with Crippen molar-refractivity contribution in [2.24, 2.45) is 0 Å². The van der Waals surface area contributed by atoms with Crippen molar-refractivity contribution in [3.8, 4) is 11.3 Å². The van der Waals surface area contributed by atoms with Crippen LogP contribution in [0.4, 0.5) is 5.13 Å². The van der Waals surface area contributed by atoms with Gasteiger partial charge in [0.05, 0.1) is 22.5 Å². The molecule has 0 fully saturated rings. The van der Waals surface area contributed by atoms with E-state index >= 15 is 0 Å². The summed E-state index contributed by atoms with van der Waals surface area (Å²) in [5, 5.41) is 3.38. The molecule has 0 unspecified atom stereocenters. The zero-order valence-corrected chi connectivity index (χ0v) is 16.7. The number of carbonyl (C=O) groups is 1. The Morgan fingerprint density at radius 2 is 1.93 bits per heavy atom. The molecule has 28 heavy (non-hydrogen) atoms. The lowest BCUT2D eigenvalue weighted by Crippen LogP contribution is -2.32. The molecule has 2 aromatic heterocycles. The van der Waals surface area contributed by atoms with Crippen molar-refractivity contribution in [1.82, 2.24) is 15.0 Å². The number of nitrogens with one attached hydrogen (secondary N) is 1. The summed E-state index contributed by atoms with van der Waals surface area (Å²) in [6.07, 6.45) is 1.72. The van der Waals surface area contributed by atoms with Crippen molar-refractivity contribution in [1.29, 1.82) is 0 Å². The lowest BCUT2D eigenvalue weighted by molar-refractivity contribution is -0.116. The molecule has 4 rings (SSSR count). The summed E-state index contributed by atoms with van der Waals surface area (Å²) < 4.78 is 0. The maximum atomic E-state index is 12.9. The van der Waals surface area contributed by atoms with E-state index in [9.17, 15) is 4.79 Å². The van der Waals surface area contributed by atoms with Gasteiger partial charge in [-0.05, 0) is 12.1 Å². The van der Waals surface area contributed by atoms with Crippen LogP contribution in [0.25, 0.3) is 22.3 Å². The van der Waals surface area contributed by atoms with Crippen LogP contribution in [-0.2, 0) is 4.79 Å². The van der Waals surface area contributed by atoms with Crippen LogP contribution in [-0.4, -0.2) is 33.2 Å². The number of para-hydroxylation sites is 2. The third-order valence-electron chi connectivity index (χ3n) is 4.11. The number of hydrogen-bond acceptors (Lipinski definition) is 5. The van der Waals surface area contributed by atoms with Gasteiger partial charge in [-0.3, -0.25) is 9.69 Å². The summed E-state index contributed by atoms with van der Waals surface area (Å²) in [6.45, 7) is 4.20. The van der Waals surface area contributed by atoms with Crippen LogP contribution in [0, 0.1) is 0 Å². The van der Waals surface area contributed by atoms with Gasteiger partial charge in [-0.2, -0.15) is 0 Å². The minimum atomic E-state index is -0.0284. The summed E-state index contributed by atoms with van der Waals surface area (Å²) in [6, 6.07) is 17.8. The van der Waals surface area contributed by atoms with Crippen LogP contribution in [0.15, 0.2) is 77.8 Å². The smallest absolute Gasteiger partial charge is 0.239 e. The predicted octanol–water partition coefficient (Wildman–Crippen LogP) is 5.00. The number of imidazole rings is 1. The molecule has 5 nitrogen and oxygen atoms in total.